The van der Waals surface area contributed by atoms with Crippen molar-refractivity contribution in [3.63, 3.8) is 0 Å². The Hall–Kier alpha value is -2.52. The highest BCUT2D eigenvalue weighted by Crippen LogP contribution is 2.32. The van der Waals surface area contributed by atoms with E-state index in [2.05, 4.69) is 9.98 Å². The first kappa shape index (κ1) is 20.5. The minimum Gasteiger partial charge on any atom is -0.497 e. The molecule has 0 saturated heterocycles. The van der Waals surface area contributed by atoms with E-state index in [-0.39, 0.29) is 28.7 Å². The third kappa shape index (κ3) is 4.97. The summed E-state index contributed by atoms with van der Waals surface area (Å²) in [4.78, 5) is 18.4. The number of hydrogen-bond donors (Lipinski definition) is 3. The molecule has 25 heavy (non-hydrogen) atoms. The van der Waals surface area contributed by atoms with Crippen molar-refractivity contribution in [2.75, 3.05) is 20.8 Å². The molecule has 1 aromatic carbocycles. The van der Waals surface area contributed by atoms with E-state index in [0.717, 1.165) is 0 Å². The summed E-state index contributed by atoms with van der Waals surface area (Å²) in [5.74, 6) is 1.20. The second-order valence-electron chi connectivity index (χ2n) is 4.85. The molecule has 0 atom stereocenters. The lowest BCUT2D eigenvalue weighted by molar-refractivity contribution is 0.395. The van der Waals surface area contributed by atoms with Crippen LogP contribution in [0.15, 0.2) is 34.1 Å². The van der Waals surface area contributed by atoms with Crippen molar-refractivity contribution in [1.82, 2.24) is 9.55 Å². The van der Waals surface area contributed by atoms with Crippen LogP contribution in [0.5, 0.6) is 11.5 Å². The zero-order chi connectivity index (χ0) is 17.7. The average Bonchev–Trinajstić information content (AvgIpc) is 2.55. The van der Waals surface area contributed by atoms with Crippen molar-refractivity contribution >= 4 is 30.6 Å². The molecular weight excluding hydrogens is 366 g/mol. The van der Waals surface area contributed by atoms with Crippen molar-refractivity contribution in [3.05, 3.63) is 39.4 Å². The number of nitrogens with two attached hydrogens (primary N) is 2. The molecule has 1 heterocycles. The number of rotatable bonds is 6. The molecular formula is C15H20ClN5O3S. The van der Waals surface area contributed by atoms with Gasteiger partial charge in [-0.05, 0) is 24.4 Å². The van der Waals surface area contributed by atoms with Gasteiger partial charge < -0.3 is 25.5 Å². The molecule has 0 unspecified atom stereocenters. The maximum Gasteiger partial charge on any atom is 0.252 e. The van der Waals surface area contributed by atoms with Gasteiger partial charge in [-0.3, -0.25) is 14.8 Å². The van der Waals surface area contributed by atoms with Crippen molar-refractivity contribution in [1.29, 1.82) is 0 Å². The van der Waals surface area contributed by atoms with Crippen LogP contribution in [-0.4, -0.2) is 36.3 Å². The van der Waals surface area contributed by atoms with Crippen molar-refractivity contribution in [2.24, 2.45) is 16.5 Å². The van der Waals surface area contributed by atoms with Gasteiger partial charge in [0.15, 0.2) is 10.7 Å². The molecule has 0 aliphatic heterocycles. The molecule has 0 spiro atoms. The predicted molar refractivity (Wildman–Crippen MR) is 102 cm³/mol. The monoisotopic (exact) mass is 385 g/mol. The summed E-state index contributed by atoms with van der Waals surface area (Å²) in [6.07, 6.45) is 0. The molecule has 0 saturated carbocycles. The van der Waals surface area contributed by atoms with Gasteiger partial charge in [0, 0.05) is 24.2 Å². The molecule has 1 aromatic heterocycles. The van der Waals surface area contributed by atoms with Crippen LogP contribution in [0.3, 0.4) is 0 Å². The lowest BCUT2D eigenvalue weighted by Gasteiger charge is -2.16. The standard InChI is InChI=1S/C15H19N5O3S.ClH/c1-22-9-3-4-10(12(7-9)23-2)11-8-13(21)19-15(24)20(11)6-5-18-14(16)17;/h3-4,7-8H,5-6H2,1-2H3,(H4,16,17,18)(H,19,21,24);1H. The predicted octanol–water partition coefficient (Wildman–Crippen LogP) is 1.29. The molecule has 2 rings (SSSR count). The highest BCUT2D eigenvalue weighted by Gasteiger charge is 2.13. The van der Waals surface area contributed by atoms with Crippen LogP contribution in [0.4, 0.5) is 0 Å². The normalized spacial score (nSPS) is 9.84. The number of nitrogens with one attached hydrogen (secondary N) is 1. The van der Waals surface area contributed by atoms with Gasteiger partial charge in [-0.15, -0.1) is 12.4 Å². The summed E-state index contributed by atoms with van der Waals surface area (Å²) in [6.45, 7) is 0.728. The number of ether oxygens (including phenoxy) is 2. The summed E-state index contributed by atoms with van der Waals surface area (Å²) in [7, 11) is 3.11. The smallest absolute Gasteiger partial charge is 0.252 e. The minimum absolute atomic E-state index is 0. The van der Waals surface area contributed by atoms with Crippen LogP contribution in [0.2, 0.25) is 0 Å². The minimum atomic E-state index is -0.300. The summed E-state index contributed by atoms with van der Waals surface area (Å²) in [5, 5.41) is 0. The maximum atomic E-state index is 11.9. The third-order valence-electron chi connectivity index (χ3n) is 3.34. The topological polar surface area (TPSA) is 121 Å². The van der Waals surface area contributed by atoms with E-state index in [1.165, 1.54) is 6.07 Å². The van der Waals surface area contributed by atoms with Crippen LogP contribution in [0.25, 0.3) is 11.3 Å². The number of H-pyrrole nitrogens is 1. The van der Waals surface area contributed by atoms with Crippen LogP contribution in [0.1, 0.15) is 0 Å². The number of benzene rings is 1. The maximum absolute atomic E-state index is 11.9. The highest BCUT2D eigenvalue weighted by molar-refractivity contribution is 7.71. The lowest BCUT2D eigenvalue weighted by atomic mass is 10.1. The van der Waals surface area contributed by atoms with Crippen molar-refractivity contribution in [3.8, 4) is 22.8 Å². The van der Waals surface area contributed by atoms with Crippen LogP contribution < -0.4 is 26.5 Å². The zero-order valence-corrected chi connectivity index (χ0v) is 15.4. The number of hydrogen-bond acceptors (Lipinski definition) is 5. The van der Waals surface area contributed by atoms with Gasteiger partial charge in [-0.2, -0.15) is 0 Å². The van der Waals surface area contributed by atoms with E-state index in [0.29, 0.717) is 35.8 Å². The van der Waals surface area contributed by atoms with E-state index in [1.807, 2.05) is 0 Å². The zero-order valence-electron chi connectivity index (χ0n) is 13.8. The van der Waals surface area contributed by atoms with Gasteiger partial charge in [-0.1, -0.05) is 0 Å². The Morgan fingerprint density at radius 3 is 2.60 bits per heavy atom. The molecule has 0 aliphatic carbocycles. The Morgan fingerprint density at radius 2 is 2.00 bits per heavy atom. The van der Waals surface area contributed by atoms with E-state index < -0.39 is 0 Å². The Labute approximate surface area is 155 Å². The Bertz CT molecular complexity index is 874. The number of aromatic amines is 1. The van der Waals surface area contributed by atoms with Gasteiger partial charge in [0.05, 0.1) is 26.5 Å². The van der Waals surface area contributed by atoms with E-state index in [1.54, 1.807) is 37.0 Å². The fraction of sp³-hybridized carbons (Fsp3) is 0.267. The number of halogens is 1. The summed E-state index contributed by atoms with van der Waals surface area (Å²) in [5.41, 5.74) is 11.7. The van der Waals surface area contributed by atoms with Crippen molar-refractivity contribution < 1.29 is 9.47 Å². The molecule has 0 aliphatic rings. The molecule has 8 nitrogen and oxygen atoms in total. The number of aliphatic imine (C=N–C) groups is 1. The quantitative estimate of drug-likeness (QED) is 0.391. The molecule has 0 fully saturated rings. The Kier molecular flexibility index (Phi) is 7.46. The van der Waals surface area contributed by atoms with E-state index in [9.17, 15) is 4.79 Å². The summed E-state index contributed by atoms with van der Waals surface area (Å²) < 4.78 is 12.6. The molecule has 10 heteroatoms. The molecule has 2 aromatic rings. The first-order chi connectivity index (χ1) is 11.5. The number of guanidine groups is 1. The Balaban J connectivity index is 0.00000312. The van der Waals surface area contributed by atoms with Gasteiger partial charge in [-0.25, -0.2) is 0 Å². The third-order valence-corrected chi connectivity index (χ3v) is 3.66. The highest BCUT2D eigenvalue weighted by atomic mass is 35.5. The molecule has 5 N–H and O–H groups in total. The average molecular weight is 386 g/mol. The number of nitrogens with zero attached hydrogens (tertiary/aromatic N) is 2. The van der Waals surface area contributed by atoms with Gasteiger partial charge >= 0.3 is 0 Å². The summed E-state index contributed by atoms with van der Waals surface area (Å²) >= 11 is 5.27. The first-order valence-corrected chi connectivity index (χ1v) is 7.49. The van der Waals surface area contributed by atoms with Crippen LogP contribution in [0, 0.1) is 4.77 Å². The van der Waals surface area contributed by atoms with Gasteiger partial charge in [0.25, 0.3) is 5.56 Å². The second-order valence-corrected chi connectivity index (χ2v) is 5.24. The van der Waals surface area contributed by atoms with Gasteiger partial charge in [0.2, 0.25) is 0 Å². The van der Waals surface area contributed by atoms with E-state index >= 15 is 0 Å². The SMILES string of the molecule is COc1ccc(-c2cc(=O)[nH]c(=S)n2CCN=C(N)N)c(OC)c1.Cl. The lowest BCUT2D eigenvalue weighted by Crippen LogP contribution is -2.24. The Morgan fingerprint density at radius 1 is 1.28 bits per heavy atom. The largest absolute Gasteiger partial charge is 0.497 e. The fourth-order valence-electron chi connectivity index (χ4n) is 2.25. The fourth-order valence-corrected chi connectivity index (χ4v) is 2.55. The van der Waals surface area contributed by atoms with Crippen molar-refractivity contribution in [2.45, 2.75) is 6.54 Å². The van der Waals surface area contributed by atoms with Crippen LogP contribution >= 0.6 is 24.6 Å². The number of methoxy groups -OCH3 is 2. The second kappa shape index (κ2) is 9.09. The van der Waals surface area contributed by atoms with E-state index in [4.69, 9.17) is 33.2 Å². The molecule has 0 amide bonds. The number of aromatic nitrogens is 2. The van der Waals surface area contributed by atoms with Gasteiger partial charge in [0.1, 0.15) is 11.5 Å². The molecule has 136 valence electrons. The molecule has 0 radical (unpaired) electrons. The first-order valence-electron chi connectivity index (χ1n) is 7.08. The summed E-state index contributed by atoms with van der Waals surface area (Å²) in [6, 6.07) is 6.77. The van der Waals surface area contributed by atoms with Crippen LogP contribution in [-0.2, 0) is 6.54 Å². The molecule has 0 bridgehead atoms.